The Bertz CT molecular complexity index is 1390. The number of ether oxygens (including phenoxy) is 3. The molecule has 1 saturated heterocycles. The van der Waals surface area contributed by atoms with Gasteiger partial charge in [0.05, 0.1) is 18.1 Å². The minimum absolute atomic E-state index is 0.227. The van der Waals surface area contributed by atoms with Gasteiger partial charge in [-0.3, -0.25) is 19.3 Å². The largest absolute Gasteiger partial charge is 0.494 e. The normalized spacial score (nSPS) is 14.0. The van der Waals surface area contributed by atoms with Crippen molar-refractivity contribution in [3.8, 4) is 17.2 Å². The molecule has 1 heterocycles. The van der Waals surface area contributed by atoms with Crippen LogP contribution in [0.2, 0.25) is 0 Å². The van der Waals surface area contributed by atoms with Crippen LogP contribution < -0.4 is 19.5 Å². The molecule has 3 aromatic carbocycles. The highest BCUT2D eigenvalue weighted by molar-refractivity contribution is 8.18. The highest BCUT2D eigenvalue weighted by Crippen LogP contribution is 2.35. The van der Waals surface area contributed by atoms with Gasteiger partial charge in [0, 0.05) is 5.69 Å². The fourth-order valence-corrected chi connectivity index (χ4v) is 4.74. The van der Waals surface area contributed by atoms with Crippen molar-refractivity contribution in [2.24, 2.45) is 0 Å². The van der Waals surface area contributed by atoms with Crippen molar-refractivity contribution in [2.45, 2.75) is 27.4 Å². The van der Waals surface area contributed by atoms with Gasteiger partial charge in [-0.1, -0.05) is 35.9 Å². The molecule has 3 aromatic rings. The summed E-state index contributed by atoms with van der Waals surface area (Å²) in [5.41, 5.74) is 3.41. The van der Waals surface area contributed by atoms with Crippen LogP contribution in [-0.4, -0.2) is 41.7 Å². The molecular weight excluding hydrogens is 516 g/mol. The highest BCUT2D eigenvalue weighted by Gasteiger charge is 2.36. The highest BCUT2D eigenvalue weighted by atomic mass is 32.2. The molecule has 0 bridgehead atoms. The number of nitrogens with zero attached hydrogens (tertiary/aromatic N) is 1. The summed E-state index contributed by atoms with van der Waals surface area (Å²) >= 11 is 0.795. The number of rotatable bonds is 11. The number of aryl methyl sites for hydroxylation is 1. The molecule has 1 fully saturated rings. The van der Waals surface area contributed by atoms with Crippen LogP contribution in [0.25, 0.3) is 6.08 Å². The summed E-state index contributed by atoms with van der Waals surface area (Å²) < 4.78 is 17.1. The smallest absolute Gasteiger partial charge is 0.294 e. The summed E-state index contributed by atoms with van der Waals surface area (Å²) in [5.74, 6) is 0.799. The number of nitrogens with one attached hydrogen (secondary N) is 1. The number of carbonyl (C=O) groups excluding carboxylic acids is 3. The fourth-order valence-electron chi connectivity index (χ4n) is 3.90. The molecule has 1 aliphatic rings. The van der Waals surface area contributed by atoms with E-state index in [0.717, 1.165) is 27.8 Å². The Morgan fingerprint density at radius 3 is 2.41 bits per heavy atom. The topological polar surface area (TPSA) is 94.2 Å². The quantitative estimate of drug-likeness (QED) is 0.293. The minimum Gasteiger partial charge on any atom is -0.494 e. The molecule has 39 heavy (non-hydrogen) atoms. The summed E-state index contributed by atoms with van der Waals surface area (Å²) in [7, 11) is 0. The van der Waals surface area contributed by atoms with E-state index in [1.807, 2.05) is 39.0 Å². The molecule has 0 saturated carbocycles. The second kappa shape index (κ2) is 13.0. The SMILES string of the molecule is CCOc1ccc(NC(=O)CN2C(=O)S/C(=C/c3ccc(OCc4cccc(C)c4)c(OCC)c3)C2=O)cc1. The molecule has 202 valence electrons. The van der Waals surface area contributed by atoms with Crippen molar-refractivity contribution in [3.05, 3.63) is 88.3 Å². The first-order valence-electron chi connectivity index (χ1n) is 12.6. The summed E-state index contributed by atoms with van der Waals surface area (Å²) in [5, 5.41) is 2.20. The number of benzene rings is 3. The molecule has 0 spiro atoms. The lowest BCUT2D eigenvalue weighted by Gasteiger charge is -2.13. The van der Waals surface area contributed by atoms with Gasteiger partial charge in [-0.05, 0) is 86.1 Å². The number of hydrogen-bond acceptors (Lipinski definition) is 7. The Morgan fingerprint density at radius 1 is 0.923 bits per heavy atom. The summed E-state index contributed by atoms with van der Waals surface area (Å²) in [4.78, 5) is 39.2. The van der Waals surface area contributed by atoms with E-state index >= 15 is 0 Å². The van der Waals surface area contributed by atoms with E-state index in [4.69, 9.17) is 14.2 Å². The van der Waals surface area contributed by atoms with Gasteiger partial charge in [0.25, 0.3) is 11.1 Å². The van der Waals surface area contributed by atoms with Crippen LogP contribution in [0.1, 0.15) is 30.5 Å². The predicted octanol–water partition coefficient (Wildman–Crippen LogP) is 6.05. The van der Waals surface area contributed by atoms with Crippen molar-refractivity contribution in [2.75, 3.05) is 25.1 Å². The van der Waals surface area contributed by atoms with E-state index in [9.17, 15) is 14.4 Å². The van der Waals surface area contributed by atoms with E-state index in [1.165, 1.54) is 0 Å². The van der Waals surface area contributed by atoms with E-state index in [-0.39, 0.29) is 11.4 Å². The number of carbonyl (C=O) groups is 3. The average Bonchev–Trinajstić information content (AvgIpc) is 3.17. The Kier molecular flexibility index (Phi) is 9.27. The van der Waals surface area contributed by atoms with Gasteiger partial charge < -0.3 is 19.5 Å². The zero-order chi connectivity index (χ0) is 27.8. The van der Waals surface area contributed by atoms with Crippen LogP contribution in [0.5, 0.6) is 17.2 Å². The van der Waals surface area contributed by atoms with Gasteiger partial charge in [0.15, 0.2) is 11.5 Å². The van der Waals surface area contributed by atoms with Gasteiger partial charge in [-0.2, -0.15) is 0 Å². The second-order valence-electron chi connectivity index (χ2n) is 8.69. The number of amides is 3. The van der Waals surface area contributed by atoms with Crippen LogP contribution in [0.3, 0.4) is 0 Å². The van der Waals surface area contributed by atoms with Gasteiger partial charge in [-0.25, -0.2) is 0 Å². The molecule has 4 rings (SSSR count). The van der Waals surface area contributed by atoms with E-state index < -0.39 is 17.1 Å². The van der Waals surface area contributed by atoms with E-state index in [1.54, 1.807) is 48.5 Å². The third-order valence-electron chi connectivity index (χ3n) is 5.67. The maximum Gasteiger partial charge on any atom is 0.294 e. The average molecular weight is 547 g/mol. The Morgan fingerprint density at radius 2 is 1.69 bits per heavy atom. The molecule has 8 nitrogen and oxygen atoms in total. The van der Waals surface area contributed by atoms with Crippen LogP contribution in [0, 0.1) is 6.92 Å². The van der Waals surface area contributed by atoms with Crippen molar-refractivity contribution < 1.29 is 28.6 Å². The lowest BCUT2D eigenvalue weighted by molar-refractivity contribution is -0.127. The van der Waals surface area contributed by atoms with Crippen molar-refractivity contribution >= 4 is 40.6 Å². The molecule has 0 aliphatic carbocycles. The molecule has 1 N–H and O–H groups in total. The number of thioether (sulfide) groups is 1. The number of hydrogen-bond donors (Lipinski definition) is 1. The van der Waals surface area contributed by atoms with Crippen molar-refractivity contribution in [1.82, 2.24) is 4.90 Å². The summed E-state index contributed by atoms with van der Waals surface area (Å²) in [6.07, 6.45) is 1.61. The first-order chi connectivity index (χ1) is 18.9. The molecule has 3 amide bonds. The molecule has 9 heteroatoms. The monoisotopic (exact) mass is 546 g/mol. The molecule has 1 aliphatic heterocycles. The van der Waals surface area contributed by atoms with Crippen LogP contribution in [-0.2, 0) is 16.2 Å². The predicted molar refractivity (Wildman–Crippen MR) is 152 cm³/mol. The first-order valence-corrected chi connectivity index (χ1v) is 13.4. The maximum absolute atomic E-state index is 13.0. The van der Waals surface area contributed by atoms with Gasteiger partial charge in [-0.15, -0.1) is 0 Å². The lowest BCUT2D eigenvalue weighted by atomic mass is 10.1. The maximum atomic E-state index is 13.0. The second-order valence-corrected chi connectivity index (χ2v) is 9.68. The Balaban J connectivity index is 1.41. The fraction of sp³-hybridized carbons (Fsp3) is 0.233. The first kappa shape index (κ1) is 27.8. The zero-order valence-electron chi connectivity index (χ0n) is 22.1. The van der Waals surface area contributed by atoms with Gasteiger partial charge in [0.1, 0.15) is 18.9 Å². The standard InChI is InChI=1S/C30H30N2O6S/c1-4-36-24-12-10-23(11-13-24)31-28(33)18-32-29(34)27(39-30(32)35)17-21-9-14-25(26(16-21)37-5-2)38-19-22-8-6-7-20(3)15-22/h6-17H,4-5,18-19H2,1-3H3,(H,31,33)/b27-17+. The Labute approximate surface area is 231 Å². The van der Waals surface area contributed by atoms with Gasteiger partial charge in [0.2, 0.25) is 5.91 Å². The molecule has 0 unspecified atom stereocenters. The van der Waals surface area contributed by atoms with Crippen LogP contribution in [0.4, 0.5) is 10.5 Å². The minimum atomic E-state index is -0.524. The lowest BCUT2D eigenvalue weighted by Crippen LogP contribution is -2.36. The molecule has 0 aromatic heterocycles. The van der Waals surface area contributed by atoms with Crippen molar-refractivity contribution in [1.29, 1.82) is 0 Å². The van der Waals surface area contributed by atoms with Crippen LogP contribution >= 0.6 is 11.8 Å². The van der Waals surface area contributed by atoms with E-state index in [2.05, 4.69) is 11.4 Å². The third-order valence-corrected chi connectivity index (χ3v) is 6.57. The van der Waals surface area contributed by atoms with E-state index in [0.29, 0.717) is 48.3 Å². The van der Waals surface area contributed by atoms with Gasteiger partial charge >= 0.3 is 0 Å². The van der Waals surface area contributed by atoms with Crippen LogP contribution in [0.15, 0.2) is 71.6 Å². The molecule has 0 radical (unpaired) electrons. The van der Waals surface area contributed by atoms with Crippen molar-refractivity contribution in [3.63, 3.8) is 0 Å². The number of imide groups is 1. The molecule has 0 atom stereocenters. The Hall–Kier alpha value is -4.24. The summed E-state index contributed by atoms with van der Waals surface area (Å²) in [6, 6.07) is 20.3. The zero-order valence-corrected chi connectivity index (χ0v) is 22.9. The molecular formula is C30H30N2O6S. The summed E-state index contributed by atoms with van der Waals surface area (Å²) in [6.45, 7) is 6.77. The third kappa shape index (κ3) is 7.42. The number of anilines is 1.